The van der Waals surface area contributed by atoms with Crippen molar-refractivity contribution >= 4 is 23.7 Å². The summed E-state index contributed by atoms with van der Waals surface area (Å²) in [6.07, 6.45) is 9.59. The number of carboxylic acids is 1. The summed E-state index contributed by atoms with van der Waals surface area (Å²) in [7, 11) is 0. The molecule has 3 amide bonds. The lowest BCUT2D eigenvalue weighted by atomic mass is 10.1. The van der Waals surface area contributed by atoms with Gasteiger partial charge >= 0.3 is 5.97 Å². The highest BCUT2D eigenvalue weighted by atomic mass is 16.4. The molecule has 0 aliphatic heterocycles. The fraction of sp³-hybridized carbons (Fsp3) is 0.615. The van der Waals surface area contributed by atoms with Gasteiger partial charge in [0.05, 0.1) is 6.54 Å². The molecule has 1 atom stereocenters. The van der Waals surface area contributed by atoms with E-state index in [9.17, 15) is 19.2 Å². The van der Waals surface area contributed by atoms with Gasteiger partial charge in [-0.25, -0.2) is 0 Å². The third kappa shape index (κ3) is 17.6. The molecule has 1 rings (SSSR count). The summed E-state index contributed by atoms with van der Waals surface area (Å²) in [6, 6.07) is 8.15. The number of hydrogen-bond donors (Lipinski definition) is 4. The normalized spacial score (nSPS) is 10.9. The average molecular weight is 478 g/mol. The van der Waals surface area contributed by atoms with Crippen LogP contribution in [0, 0.1) is 0 Å². The third-order valence-electron chi connectivity index (χ3n) is 4.80. The molecule has 0 bridgehead atoms. The molecule has 0 radical (unpaired) electrons. The summed E-state index contributed by atoms with van der Waals surface area (Å²) in [5.74, 6) is -2.46. The third-order valence-corrected chi connectivity index (χ3v) is 4.80. The van der Waals surface area contributed by atoms with Crippen LogP contribution < -0.4 is 16.0 Å². The predicted octanol–water partition coefficient (Wildman–Crippen LogP) is 3.59. The van der Waals surface area contributed by atoms with Crippen LogP contribution in [0.1, 0.15) is 84.1 Å². The van der Waals surface area contributed by atoms with E-state index in [4.69, 9.17) is 5.11 Å². The van der Waals surface area contributed by atoms with Crippen LogP contribution in [-0.2, 0) is 25.6 Å². The highest BCUT2D eigenvalue weighted by Gasteiger charge is 2.21. The Balaban J connectivity index is 0.00000343. The van der Waals surface area contributed by atoms with Gasteiger partial charge in [0.25, 0.3) is 0 Å². The monoisotopic (exact) mass is 477 g/mol. The van der Waals surface area contributed by atoms with Crippen molar-refractivity contribution in [3.63, 3.8) is 0 Å². The Bertz CT molecular complexity index is 710. The smallest absolute Gasteiger partial charge is 0.322 e. The highest BCUT2D eigenvalue weighted by molar-refractivity contribution is 5.91. The molecule has 0 aromatic heterocycles. The van der Waals surface area contributed by atoms with Crippen LogP contribution in [0.4, 0.5) is 0 Å². The molecular formula is C26H43N3O5. The van der Waals surface area contributed by atoms with E-state index in [1.807, 2.05) is 30.3 Å². The Kier molecular flexibility index (Phi) is 18.9. The number of aliphatic carboxylic acids is 1. The van der Waals surface area contributed by atoms with Gasteiger partial charge in [0.1, 0.15) is 12.6 Å². The minimum atomic E-state index is -1.17. The van der Waals surface area contributed by atoms with Crippen molar-refractivity contribution in [3.8, 4) is 0 Å². The van der Waals surface area contributed by atoms with Gasteiger partial charge in [0.2, 0.25) is 17.7 Å². The SMILES string of the molecule is CCC.CCCCCCCCCC(=O)NCC(=O)NC(Cc1ccccc1)C(=O)NCC(=O)O. The van der Waals surface area contributed by atoms with Crippen LogP contribution in [0.15, 0.2) is 30.3 Å². The second-order valence-corrected chi connectivity index (χ2v) is 8.28. The zero-order valence-corrected chi connectivity index (χ0v) is 21.0. The number of amides is 3. The van der Waals surface area contributed by atoms with Crippen molar-refractivity contribution in [3.05, 3.63) is 35.9 Å². The molecule has 1 aromatic carbocycles. The average Bonchev–Trinajstić information content (AvgIpc) is 2.81. The molecule has 0 heterocycles. The maximum absolute atomic E-state index is 12.3. The minimum absolute atomic E-state index is 0.196. The van der Waals surface area contributed by atoms with Crippen LogP contribution in [0.25, 0.3) is 0 Å². The number of carboxylic acid groups (broad SMARTS) is 1. The molecule has 0 fully saturated rings. The standard InChI is InChI=1S/C23H35N3O5.C3H8/c1-2-3-4-5-6-7-11-14-20(27)24-16-21(28)26-19(23(31)25-17-22(29)30)15-18-12-9-8-10-13-18;1-3-2/h8-10,12-13,19H,2-7,11,14-17H2,1H3,(H,24,27)(H,25,31)(H,26,28)(H,29,30);3H2,1-2H3. The second-order valence-electron chi connectivity index (χ2n) is 8.28. The molecule has 0 saturated carbocycles. The van der Waals surface area contributed by atoms with E-state index >= 15 is 0 Å². The van der Waals surface area contributed by atoms with Gasteiger partial charge in [-0.2, -0.15) is 0 Å². The first-order chi connectivity index (χ1) is 16.3. The number of carbonyl (C=O) groups is 4. The Labute approximate surface area is 204 Å². The second kappa shape index (κ2) is 20.7. The molecule has 4 N–H and O–H groups in total. The molecule has 0 aliphatic rings. The molecule has 34 heavy (non-hydrogen) atoms. The number of carbonyl (C=O) groups excluding carboxylic acids is 3. The fourth-order valence-corrected chi connectivity index (χ4v) is 3.10. The molecule has 8 nitrogen and oxygen atoms in total. The first kappa shape index (κ1) is 31.1. The molecule has 8 heteroatoms. The Hall–Kier alpha value is -2.90. The summed E-state index contributed by atoms with van der Waals surface area (Å²) < 4.78 is 0. The fourth-order valence-electron chi connectivity index (χ4n) is 3.10. The lowest BCUT2D eigenvalue weighted by molar-refractivity contribution is -0.138. The van der Waals surface area contributed by atoms with Crippen molar-refractivity contribution in [2.75, 3.05) is 13.1 Å². The van der Waals surface area contributed by atoms with E-state index in [0.717, 1.165) is 24.8 Å². The largest absolute Gasteiger partial charge is 0.480 e. The van der Waals surface area contributed by atoms with E-state index in [2.05, 4.69) is 36.7 Å². The van der Waals surface area contributed by atoms with Crippen LogP contribution in [0.2, 0.25) is 0 Å². The van der Waals surface area contributed by atoms with E-state index in [0.29, 0.717) is 6.42 Å². The van der Waals surface area contributed by atoms with Crippen molar-refractivity contribution in [2.24, 2.45) is 0 Å². The first-order valence-electron chi connectivity index (χ1n) is 12.4. The van der Waals surface area contributed by atoms with Gasteiger partial charge in [0.15, 0.2) is 0 Å². The molecule has 0 spiro atoms. The number of benzene rings is 1. The maximum Gasteiger partial charge on any atom is 0.322 e. The first-order valence-corrected chi connectivity index (χ1v) is 12.4. The van der Waals surface area contributed by atoms with Gasteiger partial charge < -0.3 is 21.1 Å². The number of unbranched alkanes of at least 4 members (excludes halogenated alkanes) is 6. The molecule has 0 saturated heterocycles. The zero-order chi connectivity index (χ0) is 25.6. The van der Waals surface area contributed by atoms with Crippen LogP contribution in [0.5, 0.6) is 0 Å². The number of hydrogen-bond acceptors (Lipinski definition) is 4. The quantitative estimate of drug-likeness (QED) is 0.271. The summed E-state index contributed by atoms with van der Waals surface area (Å²) in [5, 5.41) is 16.2. The van der Waals surface area contributed by atoms with E-state index in [1.165, 1.54) is 32.1 Å². The van der Waals surface area contributed by atoms with Gasteiger partial charge in [-0.3, -0.25) is 19.2 Å². The van der Waals surface area contributed by atoms with Gasteiger partial charge in [0, 0.05) is 12.8 Å². The Morgan fingerprint density at radius 3 is 1.97 bits per heavy atom. The van der Waals surface area contributed by atoms with Crippen LogP contribution >= 0.6 is 0 Å². The summed E-state index contributed by atoms with van der Waals surface area (Å²) in [6.45, 7) is 5.66. The molecule has 192 valence electrons. The summed E-state index contributed by atoms with van der Waals surface area (Å²) in [4.78, 5) is 47.2. The molecule has 1 aromatic rings. The number of nitrogens with one attached hydrogen (secondary N) is 3. The Morgan fingerprint density at radius 2 is 1.38 bits per heavy atom. The van der Waals surface area contributed by atoms with Crippen molar-refractivity contribution in [1.82, 2.24) is 16.0 Å². The molecule has 1 unspecified atom stereocenters. The van der Waals surface area contributed by atoms with Crippen LogP contribution in [0.3, 0.4) is 0 Å². The number of rotatable bonds is 16. The van der Waals surface area contributed by atoms with Crippen molar-refractivity contribution in [1.29, 1.82) is 0 Å². The predicted molar refractivity (Wildman–Crippen MR) is 134 cm³/mol. The lowest BCUT2D eigenvalue weighted by Gasteiger charge is -2.18. The van der Waals surface area contributed by atoms with Gasteiger partial charge in [-0.15, -0.1) is 0 Å². The highest BCUT2D eigenvalue weighted by Crippen LogP contribution is 2.08. The van der Waals surface area contributed by atoms with Crippen molar-refractivity contribution in [2.45, 2.75) is 91.0 Å². The van der Waals surface area contributed by atoms with Gasteiger partial charge in [-0.05, 0) is 12.0 Å². The van der Waals surface area contributed by atoms with E-state index in [-0.39, 0.29) is 18.9 Å². The maximum atomic E-state index is 12.3. The van der Waals surface area contributed by atoms with E-state index in [1.54, 1.807) is 0 Å². The topological polar surface area (TPSA) is 125 Å². The summed E-state index contributed by atoms with van der Waals surface area (Å²) >= 11 is 0. The molecular weight excluding hydrogens is 434 g/mol. The van der Waals surface area contributed by atoms with E-state index < -0.39 is 30.4 Å². The summed E-state index contributed by atoms with van der Waals surface area (Å²) in [5.41, 5.74) is 0.821. The zero-order valence-electron chi connectivity index (χ0n) is 21.0. The van der Waals surface area contributed by atoms with Gasteiger partial charge in [-0.1, -0.05) is 96.0 Å². The lowest BCUT2D eigenvalue weighted by Crippen LogP contribution is -2.51. The van der Waals surface area contributed by atoms with Crippen LogP contribution in [-0.4, -0.2) is 47.9 Å². The molecule has 0 aliphatic carbocycles. The minimum Gasteiger partial charge on any atom is -0.480 e. The Morgan fingerprint density at radius 1 is 0.794 bits per heavy atom. The van der Waals surface area contributed by atoms with Crippen molar-refractivity contribution < 1.29 is 24.3 Å².